The molecule has 0 unspecified atom stereocenters. The van der Waals surface area contributed by atoms with Crippen LogP contribution in [0.15, 0.2) is 59.1 Å². The van der Waals surface area contributed by atoms with Gasteiger partial charge in [-0.15, -0.1) is 0 Å². The monoisotopic (exact) mass is 364 g/mol. The maximum Gasteiger partial charge on any atom is 0.193 e. The molecule has 0 spiro atoms. The van der Waals surface area contributed by atoms with Crippen LogP contribution in [0.5, 0.6) is 0 Å². The maximum atomic E-state index is 5.82. The summed E-state index contributed by atoms with van der Waals surface area (Å²) in [5.74, 6) is 0.855. The summed E-state index contributed by atoms with van der Waals surface area (Å²) < 4.78 is 5.41. The Morgan fingerprint density at radius 2 is 1.69 bits per heavy atom. The molecule has 0 aliphatic carbocycles. The van der Waals surface area contributed by atoms with Crippen LogP contribution in [0, 0.1) is 6.92 Å². The Balaban J connectivity index is 1.50. The fourth-order valence-electron chi connectivity index (χ4n) is 2.83. The van der Waals surface area contributed by atoms with Gasteiger partial charge in [-0.25, -0.2) is 0 Å². The lowest BCUT2D eigenvalue weighted by atomic mass is 10.0. The number of aryl methyl sites for hydroxylation is 1. The summed E-state index contributed by atoms with van der Waals surface area (Å²) in [6.45, 7) is 1.96. The van der Waals surface area contributed by atoms with Crippen molar-refractivity contribution in [2.45, 2.75) is 19.8 Å². The molecular weight excluding hydrogens is 348 g/mol. The van der Waals surface area contributed by atoms with Gasteiger partial charge in [-0.3, -0.25) is 4.98 Å². The number of pyridine rings is 1. The van der Waals surface area contributed by atoms with E-state index in [1.165, 1.54) is 11.1 Å². The smallest absolute Gasteiger partial charge is 0.193 e. The molecule has 0 aliphatic heterocycles. The van der Waals surface area contributed by atoms with Crippen molar-refractivity contribution < 1.29 is 4.42 Å². The molecule has 1 aromatic carbocycles. The first-order valence-corrected chi connectivity index (χ1v) is 8.70. The molecule has 0 bridgehead atoms. The number of aromatic nitrogens is 4. The van der Waals surface area contributed by atoms with Crippen molar-refractivity contribution in [2.75, 3.05) is 0 Å². The van der Waals surface area contributed by atoms with Crippen molar-refractivity contribution in [1.82, 2.24) is 20.4 Å². The van der Waals surface area contributed by atoms with Gasteiger partial charge in [0, 0.05) is 30.3 Å². The number of nitrogens with zero attached hydrogens (tertiary/aromatic N) is 3. The molecule has 3 aromatic heterocycles. The van der Waals surface area contributed by atoms with E-state index >= 15 is 0 Å². The highest BCUT2D eigenvalue weighted by atomic mass is 35.5. The SMILES string of the molecule is Cc1ccc(-c2n[nH]nc2Cc2ccc(Cc3ccc(Cl)o3)cc2)cn1. The zero-order chi connectivity index (χ0) is 17.9. The van der Waals surface area contributed by atoms with Crippen LogP contribution in [0.1, 0.15) is 28.3 Å². The van der Waals surface area contributed by atoms with E-state index in [-0.39, 0.29) is 0 Å². The molecule has 26 heavy (non-hydrogen) atoms. The van der Waals surface area contributed by atoms with Crippen LogP contribution in [-0.2, 0) is 12.8 Å². The molecule has 0 saturated carbocycles. The lowest BCUT2D eigenvalue weighted by molar-refractivity contribution is 0.523. The van der Waals surface area contributed by atoms with Crippen molar-refractivity contribution in [2.24, 2.45) is 0 Å². The lowest BCUT2D eigenvalue weighted by Gasteiger charge is -2.04. The number of benzene rings is 1. The number of H-pyrrole nitrogens is 1. The van der Waals surface area contributed by atoms with E-state index in [0.717, 1.165) is 34.8 Å². The summed E-state index contributed by atoms with van der Waals surface area (Å²) in [6, 6.07) is 16.0. The molecule has 3 heterocycles. The Labute approximate surface area is 156 Å². The van der Waals surface area contributed by atoms with E-state index in [1.54, 1.807) is 6.07 Å². The highest BCUT2D eigenvalue weighted by Crippen LogP contribution is 2.22. The molecule has 130 valence electrons. The van der Waals surface area contributed by atoms with Crippen LogP contribution in [-0.4, -0.2) is 20.4 Å². The maximum absolute atomic E-state index is 5.82. The predicted molar refractivity (Wildman–Crippen MR) is 100 cm³/mol. The van der Waals surface area contributed by atoms with Gasteiger partial charge < -0.3 is 4.42 Å². The van der Waals surface area contributed by atoms with Crippen molar-refractivity contribution in [1.29, 1.82) is 0 Å². The second-order valence-electron chi connectivity index (χ2n) is 6.18. The topological polar surface area (TPSA) is 67.6 Å². The third-order valence-electron chi connectivity index (χ3n) is 4.21. The Bertz CT molecular complexity index is 1000. The normalized spacial score (nSPS) is 11.0. The summed E-state index contributed by atoms with van der Waals surface area (Å²) in [5.41, 5.74) is 6.02. The van der Waals surface area contributed by atoms with Gasteiger partial charge in [0.05, 0.1) is 5.69 Å². The van der Waals surface area contributed by atoms with Crippen LogP contribution < -0.4 is 0 Å². The molecule has 0 fully saturated rings. The van der Waals surface area contributed by atoms with Crippen molar-refractivity contribution in [3.8, 4) is 11.3 Å². The fraction of sp³-hybridized carbons (Fsp3) is 0.150. The van der Waals surface area contributed by atoms with Crippen molar-refractivity contribution in [3.63, 3.8) is 0 Å². The third-order valence-corrected chi connectivity index (χ3v) is 4.41. The van der Waals surface area contributed by atoms with Gasteiger partial charge in [0.15, 0.2) is 5.22 Å². The average molecular weight is 365 g/mol. The van der Waals surface area contributed by atoms with Crippen LogP contribution in [0.3, 0.4) is 0 Å². The van der Waals surface area contributed by atoms with E-state index in [0.29, 0.717) is 11.6 Å². The molecule has 0 radical (unpaired) electrons. The summed E-state index contributed by atoms with van der Waals surface area (Å²) in [4.78, 5) is 4.34. The summed E-state index contributed by atoms with van der Waals surface area (Å²) in [5, 5.41) is 11.7. The Morgan fingerprint density at radius 1 is 0.923 bits per heavy atom. The third kappa shape index (κ3) is 3.68. The molecule has 6 heteroatoms. The molecule has 5 nitrogen and oxygen atoms in total. The molecule has 0 amide bonds. The van der Waals surface area contributed by atoms with Crippen molar-refractivity contribution in [3.05, 3.63) is 88.2 Å². The van der Waals surface area contributed by atoms with Gasteiger partial charge in [-0.05, 0) is 53.9 Å². The molecule has 4 aromatic rings. The molecule has 0 aliphatic rings. The lowest BCUT2D eigenvalue weighted by Crippen LogP contribution is -1.94. The minimum atomic E-state index is 0.417. The Hall–Kier alpha value is -2.92. The Kier molecular flexibility index (Phi) is 4.54. The minimum Gasteiger partial charge on any atom is -0.449 e. The highest BCUT2D eigenvalue weighted by Gasteiger charge is 2.11. The van der Waals surface area contributed by atoms with Gasteiger partial charge in [0.2, 0.25) is 0 Å². The zero-order valence-corrected chi connectivity index (χ0v) is 15.0. The van der Waals surface area contributed by atoms with E-state index in [1.807, 2.05) is 31.3 Å². The van der Waals surface area contributed by atoms with Crippen molar-refractivity contribution >= 4 is 11.6 Å². The molecule has 0 saturated heterocycles. The molecular formula is C20H17ClN4O. The quantitative estimate of drug-likeness (QED) is 0.561. The van der Waals surface area contributed by atoms with E-state index in [9.17, 15) is 0 Å². The van der Waals surface area contributed by atoms with Gasteiger partial charge in [0.25, 0.3) is 0 Å². The van der Waals surface area contributed by atoms with E-state index < -0.39 is 0 Å². The number of hydrogen-bond donors (Lipinski definition) is 1. The van der Waals surface area contributed by atoms with Gasteiger partial charge in [-0.1, -0.05) is 24.3 Å². The fourth-order valence-corrected chi connectivity index (χ4v) is 2.99. The standard InChI is InChI=1S/C20H17ClN4O/c1-13-2-7-16(12-22-13)20-18(23-25-24-20)11-15-5-3-14(4-6-15)10-17-8-9-19(21)26-17/h2-9,12H,10-11H2,1H3,(H,23,24,25). The second kappa shape index (κ2) is 7.14. The molecule has 4 rings (SSSR count). The second-order valence-corrected chi connectivity index (χ2v) is 6.56. The number of halogens is 1. The number of hydrogen-bond acceptors (Lipinski definition) is 4. The summed E-state index contributed by atoms with van der Waals surface area (Å²) >= 11 is 5.82. The highest BCUT2D eigenvalue weighted by molar-refractivity contribution is 6.28. The zero-order valence-electron chi connectivity index (χ0n) is 14.2. The predicted octanol–water partition coefficient (Wildman–Crippen LogP) is 4.60. The number of aromatic amines is 1. The number of nitrogens with one attached hydrogen (secondary N) is 1. The van der Waals surface area contributed by atoms with Crippen LogP contribution in [0.4, 0.5) is 0 Å². The number of rotatable bonds is 5. The summed E-state index contributed by atoms with van der Waals surface area (Å²) in [7, 11) is 0. The summed E-state index contributed by atoms with van der Waals surface area (Å²) in [6.07, 6.45) is 3.25. The van der Waals surface area contributed by atoms with Gasteiger partial charge in [-0.2, -0.15) is 15.4 Å². The first-order chi connectivity index (χ1) is 12.7. The van der Waals surface area contributed by atoms with E-state index in [2.05, 4.69) is 44.7 Å². The minimum absolute atomic E-state index is 0.417. The molecule has 0 atom stereocenters. The largest absolute Gasteiger partial charge is 0.449 e. The van der Waals surface area contributed by atoms with Crippen LogP contribution >= 0.6 is 11.6 Å². The van der Waals surface area contributed by atoms with Gasteiger partial charge in [0.1, 0.15) is 11.5 Å². The van der Waals surface area contributed by atoms with Crippen LogP contribution in [0.25, 0.3) is 11.3 Å². The van der Waals surface area contributed by atoms with Gasteiger partial charge >= 0.3 is 0 Å². The number of furan rings is 1. The van der Waals surface area contributed by atoms with Crippen LogP contribution in [0.2, 0.25) is 5.22 Å². The first kappa shape index (κ1) is 16.5. The van der Waals surface area contributed by atoms with E-state index in [4.69, 9.17) is 16.0 Å². The average Bonchev–Trinajstić information content (AvgIpc) is 3.26. The first-order valence-electron chi connectivity index (χ1n) is 8.32. The molecule has 1 N–H and O–H groups in total. The Morgan fingerprint density at radius 3 is 2.35 bits per heavy atom.